The summed E-state index contributed by atoms with van der Waals surface area (Å²) >= 11 is 3.74. The van der Waals surface area contributed by atoms with Gasteiger partial charge in [0.15, 0.2) is 11.1 Å². The average Bonchev–Trinajstić information content (AvgIpc) is 3.19. The van der Waals surface area contributed by atoms with Crippen LogP contribution in [0.25, 0.3) is 0 Å². The molecule has 0 saturated carbocycles. The molecule has 7 heteroatoms. The van der Waals surface area contributed by atoms with Gasteiger partial charge >= 0.3 is 0 Å². The van der Waals surface area contributed by atoms with Gasteiger partial charge in [-0.3, -0.25) is 4.99 Å². The van der Waals surface area contributed by atoms with Gasteiger partial charge in [-0.1, -0.05) is 0 Å². The van der Waals surface area contributed by atoms with Crippen LogP contribution in [0.4, 0.5) is 5.13 Å². The van der Waals surface area contributed by atoms with Gasteiger partial charge in [0.1, 0.15) is 0 Å². The fraction of sp³-hybridized carbons (Fsp3) is 0.714. The summed E-state index contributed by atoms with van der Waals surface area (Å²) in [6.07, 6.45) is 3.47. The highest BCUT2D eigenvalue weighted by Gasteiger charge is 2.15. The van der Waals surface area contributed by atoms with E-state index in [9.17, 15) is 0 Å². The van der Waals surface area contributed by atoms with Gasteiger partial charge in [-0.25, -0.2) is 4.98 Å². The van der Waals surface area contributed by atoms with Crippen molar-refractivity contribution >= 4 is 34.2 Å². The first-order valence-electron chi connectivity index (χ1n) is 7.65. The van der Waals surface area contributed by atoms with Gasteiger partial charge < -0.3 is 15.5 Å². The van der Waals surface area contributed by atoms with Crippen LogP contribution in [0, 0.1) is 0 Å². The van der Waals surface area contributed by atoms with Crippen LogP contribution in [-0.2, 0) is 6.42 Å². The molecular formula is C14H23N5S2. The normalized spacial score (nSPS) is 20.3. The minimum absolute atomic E-state index is 0.699. The average molecular weight is 326 g/mol. The Bertz CT molecular complexity index is 475. The molecule has 0 aliphatic carbocycles. The quantitative estimate of drug-likeness (QED) is 0.674. The summed E-state index contributed by atoms with van der Waals surface area (Å²) in [5, 5.41) is 3.34. The van der Waals surface area contributed by atoms with E-state index in [0.717, 1.165) is 56.3 Å². The molecule has 116 valence electrons. The molecule has 0 unspecified atom stereocenters. The molecule has 2 fully saturated rings. The smallest absolute Gasteiger partial charge is 0.191 e. The van der Waals surface area contributed by atoms with Crippen LogP contribution in [0.2, 0.25) is 0 Å². The first-order valence-corrected chi connectivity index (χ1v) is 9.68. The first-order chi connectivity index (χ1) is 10.3. The van der Waals surface area contributed by atoms with E-state index in [-0.39, 0.29) is 0 Å². The topological polar surface area (TPSA) is 57.8 Å². The number of nitrogens with two attached hydrogens (primary N) is 1. The molecule has 5 nitrogen and oxygen atoms in total. The summed E-state index contributed by atoms with van der Waals surface area (Å²) in [7, 11) is 0. The maximum Gasteiger partial charge on any atom is 0.191 e. The number of hydrogen-bond donors (Lipinski definition) is 1. The molecule has 3 heterocycles. The van der Waals surface area contributed by atoms with Crippen LogP contribution in [0.15, 0.2) is 10.4 Å². The number of anilines is 1. The number of guanidine groups is 1. The van der Waals surface area contributed by atoms with E-state index >= 15 is 0 Å². The predicted octanol–water partition coefficient (Wildman–Crippen LogP) is 1.65. The zero-order valence-corrected chi connectivity index (χ0v) is 14.0. The van der Waals surface area contributed by atoms with E-state index in [1.807, 2.05) is 11.8 Å². The summed E-state index contributed by atoms with van der Waals surface area (Å²) in [5.41, 5.74) is 7.20. The van der Waals surface area contributed by atoms with Gasteiger partial charge in [-0.05, 0) is 12.8 Å². The molecule has 2 N–H and O–H groups in total. The fourth-order valence-corrected chi connectivity index (χ4v) is 4.46. The Balaban J connectivity index is 1.48. The van der Waals surface area contributed by atoms with Crippen molar-refractivity contribution in [3.05, 3.63) is 11.1 Å². The molecule has 0 aromatic carbocycles. The Labute approximate surface area is 134 Å². The molecule has 2 aliphatic rings. The van der Waals surface area contributed by atoms with Gasteiger partial charge in [-0.15, -0.1) is 11.3 Å². The second kappa shape index (κ2) is 7.35. The van der Waals surface area contributed by atoms with Crippen LogP contribution in [0.3, 0.4) is 0 Å². The largest absolute Gasteiger partial charge is 0.370 e. The highest BCUT2D eigenvalue weighted by atomic mass is 32.2. The molecule has 0 amide bonds. The van der Waals surface area contributed by atoms with E-state index in [0.29, 0.717) is 5.96 Å². The highest BCUT2D eigenvalue weighted by molar-refractivity contribution is 7.99. The monoisotopic (exact) mass is 325 g/mol. The lowest BCUT2D eigenvalue weighted by atomic mass is 10.3. The standard InChI is InChI=1S/C14H23N5S2/c15-13(18-7-9-20-10-8-18)16-4-3-12-11-21-14(17-12)19-5-1-2-6-19/h11H,1-10H2,(H2,15,16). The maximum absolute atomic E-state index is 6.06. The zero-order chi connectivity index (χ0) is 14.5. The van der Waals surface area contributed by atoms with Crippen molar-refractivity contribution in [1.82, 2.24) is 9.88 Å². The second-order valence-corrected chi connectivity index (χ2v) is 7.47. The Morgan fingerprint density at radius 3 is 2.76 bits per heavy atom. The van der Waals surface area contributed by atoms with E-state index in [1.54, 1.807) is 11.3 Å². The number of rotatable bonds is 4. The molecule has 0 radical (unpaired) electrons. The van der Waals surface area contributed by atoms with E-state index < -0.39 is 0 Å². The number of thiazole rings is 1. The van der Waals surface area contributed by atoms with Crippen molar-refractivity contribution in [1.29, 1.82) is 0 Å². The van der Waals surface area contributed by atoms with Gasteiger partial charge in [0.2, 0.25) is 0 Å². The van der Waals surface area contributed by atoms with E-state index in [2.05, 4.69) is 20.2 Å². The Hall–Kier alpha value is -0.950. The van der Waals surface area contributed by atoms with Crippen molar-refractivity contribution in [2.45, 2.75) is 19.3 Å². The molecule has 1 aromatic heterocycles. The summed E-state index contributed by atoms with van der Waals surface area (Å²) in [6, 6.07) is 0. The van der Waals surface area contributed by atoms with Crippen molar-refractivity contribution in [2.75, 3.05) is 49.1 Å². The number of hydrogen-bond acceptors (Lipinski definition) is 5. The van der Waals surface area contributed by atoms with Crippen molar-refractivity contribution in [2.24, 2.45) is 10.7 Å². The Morgan fingerprint density at radius 1 is 1.24 bits per heavy atom. The van der Waals surface area contributed by atoms with Crippen LogP contribution in [0.5, 0.6) is 0 Å². The minimum atomic E-state index is 0.699. The zero-order valence-electron chi connectivity index (χ0n) is 12.3. The van der Waals surface area contributed by atoms with E-state index in [1.165, 1.54) is 18.0 Å². The first kappa shape index (κ1) is 15.0. The molecule has 2 saturated heterocycles. The summed E-state index contributed by atoms with van der Waals surface area (Å²) in [5.74, 6) is 3.01. The number of nitrogens with zero attached hydrogens (tertiary/aromatic N) is 4. The van der Waals surface area contributed by atoms with E-state index in [4.69, 9.17) is 10.7 Å². The fourth-order valence-electron chi connectivity index (χ4n) is 2.64. The van der Waals surface area contributed by atoms with Gasteiger partial charge in [0.25, 0.3) is 0 Å². The molecule has 0 atom stereocenters. The molecule has 0 bridgehead atoms. The molecule has 3 rings (SSSR count). The summed E-state index contributed by atoms with van der Waals surface area (Å²) in [6.45, 7) is 5.10. The maximum atomic E-state index is 6.06. The van der Waals surface area contributed by atoms with Crippen LogP contribution < -0.4 is 10.6 Å². The number of aliphatic imine (C=N–C) groups is 1. The summed E-state index contributed by atoms with van der Waals surface area (Å²) in [4.78, 5) is 13.8. The molecule has 2 aliphatic heterocycles. The molecule has 0 spiro atoms. The Kier molecular flexibility index (Phi) is 5.24. The lowest BCUT2D eigenvalue weighted by Crippen LogP contribution is -2.42. The van der Waals surface area contributed by atoms with Crippen LogP contribution in [0.1, 0.15) is 18.5 Å². The van der Waals surface area contributed by atoms with Crippen LogP contribution >= 0.6 is 23.1 Å². The Morgan fingerprint density at radius 2 is 2.00 bits per heavy atom. The van der Waals surface area contributed by atoms with Crippen molar-refractivity contribution in [3.8, 4) is 0 Å². The molecule has 1 aromatic rings. The second-order valence-electron chi connectivity index (χ2n) is 5.40. The molecular weight excluding hydrogens is 302 g/mol. The number of aromatic nitrogens is 1. The number of thioether (sulfide) groups is 1. The van der Waals surface area contributed by atoms with Gasteiger partial charge in [0.05, 0.1) is 5.69 Å². The lowest BCUT2D eigenvalue weighted by molar-refractivity contribution is 0.456. The third-order valence-corrected chi connectivity index (χ3v) is 5.79. The summed E-state index contributed by atoms with van der Waals surface area (Å²) < 4.78 is 0. The lowest BCUT2D eigenvalue weighted by Gasteiger charge is -2.27. The minimum Gasteiger partial charge on any atom is -0.370 e. The predicted molar refractivity (Wildman–Crippen MR) is 92.7 cm³/mol. The highest BCUT2D eigenvalue weighted by Crippen LogP contribution is 2.24. The van der Waals surface area contributed by atoms with Crippen LogP contribution in [-0.4, -0.2) is 60.1 Å². The molecule has 21 heavy (non-hydrogen) atoms. The third-order valence-electron chi connectivity index (χ3n) is 3.89. The SMILES string of the molecule is NC(=NCCc1csc(N2CCCC2)n1)N1CCSCC1. The third kappa shape index (κ3) is 4.03. The van der Waals surface area contributed by atoms with Crippen molar-refractivity contribution < 1.29 is 0 Å². The van der Waals surface area contributed by atoms with Crippen molar-refractivity contribution in [3.63, 3.8) is 0 Å². The van der Waals surface area contributed by atoms with Gasteiger partial charge in [-0.2, -0.15) is 11.8 Å². The van der Waals surface area contributed by atoms with Gasteiger partial charge in [0, 0.05) is 56.0 Å².